The second-order valence-corrected chi connectivity index (χ2v) is 10.2. The fraction of sp³-hybridized carbons (Fsp3) is 0.200. The van der Waals surface area contributed by atoms with Crippen LogP contribution < -0.4 is 10.0 Å². The molecule has 2 aromatic carbocycles. The van der Waals surface area contributed by atoms with E-state index in [9.17, 15) is 13.2 Å². The van der Waals surface area contributed by atoms with Crippen molar-refractivity contribution < 1.29 is 17.9 Å². The number of aromatic nitrogens is 3. The van der Waals surface area contributed by atoms with Gasteiger partial charge in [0, 0.05) is 33.7 Å². The molecule has 2 aromatic heterocycles. The second-order valence-electron chi connectivity index (χ2n) is 8.07. The third-order valence-electron chi connectivity index (χ3n) is 5.36. The zero-order valence-corrected chi connectivity index (χ0v) is 21.7. The number of esters is 1. The summed E-state index contributed by atoms with van der Waals surface area (Å²) < 4.78 is 33.3. The Morgan fingerprint density at radius 1 is 1.03 bits per heavy atom. The van der Waals surface area contributed by atoms with Gasteiger partial charge in [0.25, 0.3) is 10.0 Å². The van der Waals surface area contributed by atoms with E-state index >= 15 is 0 Å². The number of carbonyl (C=O) groups excluding carboxylic acids is 1. The largest absolute Gasteiger partial charge is 0.462 e. The van der Waals surface area contributed by atoms with Crippen LogP contribution in [-0.2, 0) is 14.8 Å². The van der Waals surface area contributed by atoms with Gasteiger partial charge in [0.1, 0.15) is 5.56 Å². The van der Waals surface area contributed by atoms with Crippen molar-refractivity contribution in [3.63, 3.8) is 0 Å². The molecule has 0 aliphatic rings. The Hall–Kier alpha value is -3.76. The molecule has 4 rings (SSSR count). The average Bonchev–Trinajstić information content (AvgIpc) is 2.81. The molecule has 0 aliphatic heterocycles. The number of carbonyl (C=O) groups is 1. The van der Waals surface area contributed by atoms with Gasteiger partial charge in [-0.05, 0) is 75.7 Å². The van der Waals surface area contributed by atoms with Crippen LogP contribution in [0, 0.1) is 20.8 Å². The standard InChI is InChI=1S/C25H24ClN5O4S/c1-5-35-24(32)20-13-27-22-16(4)21(26)11-10-19(22)23(20)30-17-6-8-18(9-7-17)36(33,34)31-25-28-14(2)12-15(3)29-25/h6-13H,5H2,1-4H3,(H,27,30)(H,28,29,31). The Bertz CT molecular complexity index is 1550. The summed E-state index contributed by atoms with van der Waals surface area (Å²) in [6.07, 6.45) is 1.44. The molecule has 2 heterocycles. The van der Waals surface area contributed by atoms with Crippen LogP contribution in [0.15, 0.2) is 53.6 Å². The summed E-state index contributed by atoms with van der Waals surface area (Å²) in [7, 11) is -3.91. The summed E-state index contributed by atoms with van der Waals surface area (Å²) in [5.74, 6) is -0.523. The number of aryl methyl sites for hydroxylation is 3. The maximum absolute atomic E-state index is 12.9. The molecule has 0 saturated carbocycles. The number of fused-ring (bicyclic) bond motifs is 1. The van der Waals surface area contributed by atoms with Crippen molar-refractivity contribution >= 4 is 55.8 Å². The summed E-state index contributed by atoms with van der Waals surface area (Å²) >= 11 is 6.26. The first-order chi connectivity index (χ1) is 17.1. The zero-order valence-electron chi connectivity index (χ0n) is 20.1. The number of hydrogen-bond donors (Lipinski definition) is 2. The Balaban J connectivity index is 1.68. The van der Waals surface area contributed by atoms with E-state index in [-0.39, 0.29) is 23.0 Å². The Kier molecular flexibility index (Phi) is 7.09. The molecule has 4 aromatic rings. The van der Waals surface area contributed by atoms with Crippen LogP contribution in [0.2, 0.25) is 5.02 Å². The van der Waals surface area contributed by atoms with Crippen molar-refractivity contribution in [2.75, 3.05) is 16.6 Å². The van der Waals surface area contributed by atoms with E-state index in [4.69, 9.17) is 16.3 Å². The number of hydrogen-bond acceptors (Lipinski definition) is 8. The Labute approximate surface area is 214 Å². The molecule has 2 N–H and O–H groups in total. The van der Waals surface area contributed by atoms with Gasteiger partial charge >= 0.3 is 5.97 Å². The lowest BCUT2D eigenvalue weighted by Gasteiger charge is -2.16. The average molecular weight is 526 g/mol. The summed E-state index contributed by atoms with van der Waals surface area (Å²) in [5.41, 5.74) is 3.99. The maximum Gasteiger partial charge on any atom is 0.341 e. The van der Waals surface area contributed by atoms with Crippen LogP contribution in [0.3, 0.4) is 0 Å². The van der Waals surface area contributed by atoms with Crippen molar-refractivity contribution in [3.8, 4) is 0 Å². The Morgan fingerprint density at radius 2 is 1.69 bits per heavy atom. The van der Waals surface area contributed by atoms with Crippen LogP contribution >= 0.6 is 11.6 Å². The topological polar surface area (TPSA) is 123 Å². The molecule has 186 valence electrons. The van der Waals surface area contributed by atoms with E-state index in [0.717, 1.165) is 5.56 Å². The molecular weight excluding hydrogens is 502 g/mol. The third kappa shape index (κ3) is 5.24. The molecule has 11 heteroatoms. The fourth-order valence-corrected chi connectivity index (χ4v) is 4.79. The molecule has 0 saturated heterocycles. The quantitative estimate of drug-likeness (QED) is 0.310. The van der Waals surface area contributed by atoms with Gasteiger partial charge in [-0.15, -0.1) is 0 Å². The normalized spacial score (nSPS) is 11.4. The number of halogens is 1. The third-order valence-corrected chi connectivity index (χ3v) is 7.12. The minimum atomic E-state index is -3.91. The predicted octanol–water partition coefficient (Wildman–Crippen LogP) is 5.32. The minimum absolute atomic E-state index is 0.00562. The van der Waals surface area contributed by atoms with Gasteiger partial charge in [-0.1, -0.05) is 11.6 Å². The monoisotopic (exact) mass is 525 g/mol. The van der Waals surface area contributed by atoms with Crippen molar-refractivity contribution in [3.05, 3.63) is 76.2 Å². The minimum Gasteiger partial charge on any atom is -0.462 e. The van der Waals surface area contributed by atoms with Crippen LogP contribution in [0.4, 0.5) is 17.3 Å². The van der Waals surface area contributed by atoms with E-state index in [1.165, 1.54) is 18.3 Å². The highest BCUT2D eigenvalue weighted by atomic mass is 35.5. The van der Waals surface area contributed by atoms with Crippen molar-refractivity contribution in [1.29, 1.82) is 0 Å². The summed E-state index contributed by atoms with van der Waals surface area (Å²) in [6.45, 7) is 7.29. The highest BCUT2D eigenvalue weighted by Crippen LogP contribution is 2.34. The lowest BCUT2D eigenvalue weighted by molar-refractivity contribution is 0.0527. The van der Waals surface area contributed by atoms with E-state index in [1.54, 1.807) is 51.1 Å². The van der Waals surface area contributed by atoms with E-state index in [2.05, 4.69) is 25.0 Å². The number of nitrogens with zero attached hydrogens (tertiary/aromatic N) is 3. The van der Waals surface area contributed by atoms with E-state index in [0.29, 0.717) is 38.7 Å². The van der Waals surface area contributed by atoms with Gasteiger partial charge in [0.15, 0.2) is 0 Å². The van der Waals surface area contributed by atoms with Gasteiger partial charge in [-0.2, -0.15) is 0 Å². The number of nitrogens with one attached hydrogen (secondary N) is 2. The van der Waals surface area contributed by atoms with Crippen LogP contribution in [0.1, 0.15) is 34.2 Å². The highest BCUT2D eigenvalue weighted by Gasteiger charge is 2.20. The lowest BCUT2D eigenvalue weighted by atomic mass is 10.1. The molecule has 0 unspecified atom stereocenters. The smallest absolute Gasteiger partial charge is 0.341 e. The lowest BCUT2D eigenvalue weighted by Crippen LogP contribution is -2.15. The number of pyridine rings is 1. The molecule has 0 fully saturated rings. The molecule has 0 bridgehead atoms. The first-order valence-corrected chi connectivity index (χ1v) is 12.9. The number of benzene rings is 2. The van der Waals surface area contributed by atoms with Gasteiger partial charge in [0.05, 0.1) is 22.7 Å². The van der Waals surface area contributed by atoms with Crippen LogP contribution in [0.25, 0.3) is 10.9 Å². The van der Waals surface area contributed by atoms with Gasteiger partial charge < -0.3 is 10.1 Å². The van der Waals surface area contributed by atoms with Crippen molar-refractivity contribution in [2.24, 2.45) is 0 Å². The number of sulfonamides is 1. The molecule has 0 atom stereocenters. The summed E-state index contributed by atoms with van der Waals surface area (Å²) in [4.78, 5) is 25.3. The fourth-order valence-electron chi connectivity index (χ4n) is 3.69. The number of rotatable bonds is 7. The molecule has 0 radical (unpaired) electrons. The highest BCUT2D eigenvalue weighted by molar-refractivity contribution is 7.92. The van der Waals surface area contributed by atoms with Crippen LogP contribution in [-0.4, -0.2) is 35.9 Å². The van der Waals surface area contributed by atoms with Crippen LogP contribution in [0.5, 0.6) is 0 Å². The predicted molar refractivity (Wildman–Crippen MR) is 139 cm³/mol. The summed E-state index contributed by atoms with van der Waals surface area (Å²) in [5, 5.41) is 4.45. The Morgan fingerprint density at radius 3 is 2.33 bits per heavy atom. The van der Waals surface area contributed by atoms with Gasteiger partial charge in [0.2, 0.25) is 5.95 Å². The number of ether oxygens (including phenoxy) is 1. The van der Waals surface area contributed by atoms with Crippen molar-refractivity contribution in [2.45, 2.75) is 32.6 Å². The second kappa shape index (κ2) is 10.1. The van der Waals surface area contributed by atoms with Gasteiger partial charge in [-0.3, -0.25) is 4.98 Å². The van der Waals surface area contributed by atoms with Gasteiger partial charge in [-0.25, -0.2) is 27.9 Å². The molecule has 36 heavy (non-hydrogen) atoms. The zero-order chi connectivity index (χ0) is 26.0. The SMILES string of the molecule is CCOC(=O)c1cnc2c(C)c(Cl)ccc2c1Nc1ccc(S(=O)(=O)Nc2nc(C)cc(C)n2)cc1. The van der Waals surface area contributed by atoms with E-state index in [1.807, 2.05) is 6.92 Å². The summed E-state index contributed by atoms with van der Waals surface area (Å²) in [6, 6.07) is 11.3. The maximum atomic E-state index is 12.9. The van der Waals surface area contributed by atoms with E-state index < -0.39 is 16.0 Å². The molecule has 0 amide bonds. The first kappa shape index (κ1) is 25.3. The molecular formula is C25H24ClN5O4S. The van der Waals surface area contributed by atoms with Crippen molar-refractivity contribution in [1.82, 2.24) is 15.0 Å². The molecule has 9 nitrogen and oxygen atoms in total. The molecule has 0 spiro atoms. The number of anilines is 3. The molecule has 0 aliphatic carbocycles. The first-order valence-electron chi connectivity index (χ1n) is 11.1.